The first-order valence-electron chi connectivity index (χ1n) is 10.6. The van der Waals surface area contributed by atoms with Gasteiger partial charge in [-0.1, -0.05) is 24.3 Å². The number of benzene rings is 2. The molecule has 0 aliphatic carbocycles. The highest BCUT2D eigenvalue weighted by Crippen LogP contribution is 2.20. The second-order valence-corrected chi connectivity index (χ2v) is 8.00. The van der Waals surface area contributed by atoms with Crippen molar-refractivity contribution in [2.45, 2.75) is 32.4 Å². The first-order valence-corrected chi connectivity index (χ1v) is 10.6. The van der Waals surface area contributed by atoms with Gasteiger partial charge in [-0.15, -0.1) is 0 Å². The van der Waals surface area contributed by atoms with E-state index in [0.29, 0.717) is 12.5 Å². The van der Waals surface area contributed by atoms with E-state index in [0.717, 1.165) is 49.3 Å². The SMILES string of the molecule is COc1ccc(CN2CCC(CNC(=O)[C@@H](C)n3nc4ccccc4n3)CC2)cc1. The zero-order valence-electron chi connectivity index (χ0n) is 17.6. The molecular weight excluding hydrogens is 378 g/mol. The molecule has 1 amide bonds. The molecule has 0 radical (unpaired) electrons. The fourth-order valence-electron chi connectivity index (χ4n) is 3.88. The van der Waals surface area contributed by atoms with Crippen molar-refractivity contribution in [1.82, 2.24) is 25.2 Å². The van der Waals surface area contributed by atoms with Crippen LogP contribution in [0.25, 0.3) is 11.0 Å². The lowest BCUT2D eigenvalue weighted by Crippen LogP contribution is -2.40. The number of hydrogen-bond acceptors (Lipinski definition) is 5. The summed E-state index contributed by atoms with van der Waals surface area (Å²) in [5.74, 6) is 1.37. The number of carbonyl (C=O) groups excluding carboxylic acids is 1. The molecule has 1 N–H and O–H groups in total. The number of fused-ring (bicyclic) bond motifs is 1. The lowest BCUT2D eigenvalue weighted by molar-refractivity contribution is -0.124. The second-order valence-electron chi connectivity index (χ2n) is 8.00. The van der Waals surface area contributed by atoms with E-state index < -0.39 is 6.04 Å². The summed E-state index contributed by atoms with van der Waals surface area (Å²) in [5, 5.41) is 11.9. The number of nitrogens with zero attached hydrogens (tertiary/aromatic N) is 4. The summed E-state index contributed by atoms with van der Waals surface area (Å²) >= 11 is 0. The van der Waals surface area contributed by atoms with E-state index in [1.165, 1.54) is 10.4 Å². The van der Waals surface area contributed by atoms with E-state index in [1.54, 1.807) is 7.11 Å². The molecular formula is C23H29N5O2. The molecule has 7 heteroatoms. The second kappa shape index (κ2) is 9.26. The summed E-state index contributed by atoms with van der Waals surface area (Å²) in [5.41, 5.74) is 2.92. The highest BCUT2D eigenvalue weighted by Gasteiger charge is 2.22. The molecule has 2 aromatic carbocycles. The third kappa shape index (κ3) is 4.79. The Hall–Kier alpha value is -2.93. The standard InChI is InChI=1S/C23H29N5O2/c1-17(28-25-21-5-3-4-6-22(21)26-28)23(29)24-15-18-11-13-27(14-12-18)16-19-7-9-20(30-2)10-8-19/h3-10,17-18H,11-16H2,1-2H3,(H,24,29)/t17-/m1/s1. The van der Waals surface area contributed by atoms with Gasteiger partial charge < -0.3 is 10.1 Å². The van der Waals surface area contributed by atoms with Gasteiger partial charge in [-0.3, -0.25) is 9.69 Å². The number of rotatable bonds is 7. The first-order chi connectivity index (χ1) is 14.6. The van der Waals surface area contributed by atoms with Crippen molar-refractivity contribution in [3.05, 3.63) is 54.1 Å². The van der Waals surface area contributed by atoms with Crippen molar-refractivity contribution in [3.8, 4) is 5.75 Å². The third-order valence-electron chi connectivity index (χ3n) is 5.87. The molecule has 2 heterocycles. The van der Waals surface area contributed by atoms with Crippen molar-refractivity contribution in [2.24, 2.45) is 5.92 Å². The Kier molecular flexibility index (Phi) is 6.28. The molecule has 1 atom stereocenters. The molecule has 3 aromatic rings. The number of nitrogens with one attached hydrogen (secondary N) is 1. The Morgan fingerprint density at radius 3 is 2.33 bits per heavy atom. The Morgan fingerprint density at radius 2 is 1.73 bits per heavy atom. The maximum Gasteiger partial charge on any atom is 0.246 e. The fraction of sp³-hybridized carbons (Fsp3) is 0.435. The van der Waals surface area contributed by atoms with Gasteiger partial charge in [-0.2, -0.15) is 15.0 Å². The van der Waals surface area contributed by atoms with Crippen LogP contribution >= 0.6 is 0 Å². The normalized spacial score (nSPS) is 16.5. The topological polar surface area (TPSA) is 72.3 Å². The number of piperidine rings is 1. The van der Waals surface area contributed by atoms with Gasteiger partial charge in [0.15, 0.2) is 0 Å². The van der Waals surface area contributed by atoms with Crippen LogP contribution in [0.2, 0.25) is 0 Å². The van der Waals surface area contributed by atoms with Crippen LogP contribution in [0.3, 0.4) is 0 Å². The zero-order chi connectivity index (χ0) is 20.9. The molecule has 0 unspecified atom stereocenters. The average molecular weight is 408 g/mol. The lowest BCUT2D eigenvalue weighted by atomic mass is 9.96. The van der Waals surface area contributed by atoms with Crippen molar-refractivity contribution >= 4 is 16.9 Å². The molecule has 1 aromatic heterocycles. The minimum absolute atomic E-state index is 0.0315. The Bertz CT molecular complexity index is 944. The van der Waals surface area contributed by atoms with Crippen LogP contribution in [0, 0.1) is 5.92 Å². The van der Waals surface area contributed by atoms with Crippen LogP contribution < -0.4 is 10.1 Å². The summed E-state index contributed by atoms with van der Waals surface area (Å²) < 4.78 is 5.22. The Morgan fingerprint density at radius 1 is 1.10 bits per heavy atom. The smallest absolute Gasteiger partial charge is 0.246 e. The fourth-order valence-corrected chi connectivity index (χ4v) is 3.88. The van der Waals surface area contributed by atoms with Gasteiger partial charge in [-0.25, -0.2) is 0 Å². The average Bonchev–Trinajstić information content (AvgIpc) is 3.23. The van der Waals surface area contributed by atoms with Crippen LogP contribution in [-0.4, -0.2) is 52.5 Å². The van der Waals surface area contributed by atoms with E-state index in [9.17, 15) is 4.79 Å². The number of carbonyl (C=O) groups is 1. The molecule has 1 saturated heterocycles. The quantitative estimate of drug-likeness (QED) is 0.652. The summed E-state index contributed by atoms with van der Waals surface area (Å²) in [4.78, 5) is 16.6. The number of amides is 1. The van der Waals surface area contributed by atoms with E-state index in [4.69, 9.17) is 4.74 Å². The maximum absolute atomic E-state index is 12.6. The molecule has 1 fully saturated rings. The van der Waals surface area contributed by atoms with Crippen LogP contribution in [0.4, 0.5) is 0 Å². The van der Waals surface area contributed by atoms with Crippen LogP contribution in [0.1, 0.15) is 31.4 Å². The lowest BCUT2D eigenvalue weighted by Gasteiger charge is -2.32. The van der Waals surface area contributed by atoms with Gasteiger partial charge in [0.1, 0.15) is 22.8 Å². The summed E-state index contributed by atoms with van der Waals surface area (Å²) in [6, 6.07) is 15.5. The number of hydrogen-bond donors (Lipinski definition) is 1. The van der Waals surface area contributed by atoms with E-state index in [2.05, 4.69) is 32.5 Å². The predicted molar refractivity (Wildman–Crippen MR) is 116 cm³/mol. The first kappa shape index (κ1) is 20.3. The van der Waals surface area contributed by atoms with Crippen molar-refractivity contribution in [1.29, 1.82) is 0 Å². The maximum atomic E-state index is 12.6. The van der Waals surface area contributed by atoms with Gasteiger partial charge in [0.25, 0.3) is 0 Å². The molecule has 158 valence electrons. The predicted octanol–water partition coefficient (Wildman–Crippen LogP) is 3.03. The third-order valence-corrected chi connectivity index (χ3v) is 5.87. The van der Waals surface area contributed by atoms with Gasteiger partial charge in [0, 0.05) is 13.1 Å². The molecule has 30 heavy (non-hydrogen) atoms. The minimum Gasteiger partial charge on any atom is -0.497 e. The van der Waals surface area contributed by atoms with Crippen LogP contribution in [0.15, 0.2) is 48.5 Å². The van der Waals surface area contributed by atoms with Crippen molar-refractivity contribution in [3.63, 3.8) is 0 Å². The Balaban J connectivity index is 1.22. The molecule has 0 bridgehead atoms. The summed E-state index contributed by atoms with van der Waals surface area (Å²) in [6.07, 6.45) is 2.18. The minimum atomic E-state index is -0.424. The Labute approximate surface area is 177 Å². The largest absolute Gasteiger partial charge is 0.497 e. The zero-order valence-corrected chi connectivity index (χ0v) is 17.6. The van der Waals surface area contributed by atoms with Gasteiger partial charge in [-0.05, 0) is 68.6 Å². The molecule has 1 aliphatic heterocycles. The van der Waals surface area contributed by atoms with E-state index >= 15 is 0 Å². The summed E-state index contributed by atoms with van der Waals surface area (Å²) in [7, 11) is 1.69. The van der Waals surface area contributed by atoms with E-state index in [-0.39, 0.29) is 5.91 Å². The molecule has 1 aliphatic rings. The van der Waals surface area contributed by atoms with Gasteiger partial charge in [0.2, 0.25) is 5.91 Å². The highest BCUT2D eigenvalue weighted by atomic mass is 16.5. The van der Waals surface area contributed by atoms with Gasteiger partial charge in [0.05, 0.1) is 7.11 Å². The van der Waals surface area contributed by atoms with Crippen molar-refractivity contribution < 1.29 is 9.53 Å². The number of aromatic nitrogens is 3. The monoisotopic (exact) mass is 407 g/mol. The van der Waals surface area contributed by atoms with Gasteiger partial charge >= 0.3 is 0 Å². The van der Waals surface area contributed by atoms with Crippen LogP contribution in [0.5, 0.6) is 5.75 Å². The number of ether oxygens (including phenoxy) is 1. The number of methoxy groups -OCH3 is 1. The van der Waals surface area contributed by atoms with Crippen molar-refractivity contribution in [2.75, 3.05) is 26.7 Å². The number of likely N-dealkylation sites (tertiary alicyclic amines) is 1. The molecule has 0 saturated carbocycles. The van der Waals surface area contributed by atoms with Crippen LogP contribution in [-0.2, 0) is 11.3 Å². The van der Waals surface area contributed by atoms with E-state index in [1.807, 2.05) is 43.3 Å². The summed E-state index contributed by atoms with van der Waals surface area (Å²) in [6.45, 7) is 5.60. The molecule has 4 rings (SSSR count). The highest BCUT2D eigenvalue weighted by molar-refractivity contribution is 5.80. The molecule has 0 spiro atoms. The molecule has 7 nitrogen and oxygen atoms in total.